The van der Waals surface area contributed by atoms with Crippen molar-refractivity contribution in [3.8, 4) is 5.75 Å². The van der Waals surface area contributed by atoms with Crippen LogP contribution in [-0.4, -0.2) is 46.6 Å². The van der Waals surface area contributed by atoms with Gasteiger partial charge in [-0.2, -0.15) is 0 Å². The smallest absolute Gasteiger partial charge is 0.115 e. The predicted molar refractivity (Wildman–Crippen MR) is 99.5 cm³/mol. The van der Waals surface area contributed by atoms with Gasteiger partial charge < -0.3 is 10.2 Å². The number of likely N-dealkylation sites (tertiary alicyclic amines) is 1. The zero-order valence-corrected chi connectivity index (χ0v) is 14.7. The Labute approximate surface area is 148 Å². The highest BCUT2D eigenvalue weighted by Gasteiger charge is 2.27. The number of benzene rings is 2. The van der Waals surface area contributed by atoms with E-state index < -0.39 is 0 Å². The third-order valence-corrected chi connectivity index (χ3v) is 5.65. The van der Waals surface area contributed by atoms with E-state index in [0.29, 0.717) is 11.7 Å². The molecule has 3 rings (SSSR count). The number of hydrogen-bond acceptors (Lipinski definition) is 4. The van der Waals surface area contributed by atoms with Gasteiger partial charge in [0.2, 0.25) is 0 Å². The molecule has 1 aliphatic heterocycles. The normalized spacial score (nSPS) is 21.7. The van der Waals surface area contributed by atoms with Crippen molar-refractivity contribution in [3.63, 3.8) is 0 Å². The summed E-state index contributed by atoms with van der Waals surface area (Å²) in [5.41, 5.74) is 1.32. The molecule has 1 heterocycles. The van der Waals surface area contributed by atoms with Crippen LogP contribution >= 0.6 is 11.8 Å². The summed E-state index contributed by atoms with van der Waals surface area (Å²) in [6, 6.07) is 17.8. The molecule has 0 aliphatic carbocycles. The van der Waals surface area contributed by atoms with Crippen LogP contribution < -0.4 is 0 Å². The van der Waals surface area contributed by atoms with E-state index in [-0.39, 0.29) is 6.10 Å². The SMILES string of the molecule is Oc1ccc(SCCN2CCC(Cc3ccccc3)C(O)C2)cc1. The van der Waals surface area contributed by atoms with Gasteiger partial charge in [-0.15, -0.1) is 11.8 Å². The van der Waals surface area contributed by atoms with E-state index in [9.17, 15) is 10.2 Å². The maximum atomic E-state index is 10.5. The summed E-state index contributed by atoms with van der Waals surface area (Å²) in [6.45, 7) is 2.82. The lowest BCUT2D eigenvalue weighted by Crippen LogP contribution is -2.45. The first kappa shape index (κ1) is 17.3. The van der Waals surface area contributed by atoms with E-state index in [2.05, 4.69) is 29.2 Å². The number of hydrogen-bond donors (Lipinski definition) is 2. The number of thioether (sulfide) groups is 1. The number of aliphatic hydroxyl groups excluding tert-OH is 1. The molecule has 128 valence electrons. The molecule has 24 heavy (non-hydrogen) atoms. The molecule has 4 heteroatoms. The molecule has 0 radical (unpaired) electrons. The molecule has 3 nitrogen and oxygen atoms in total. The summed E-state index contributed by atoms with van der Waals surface area (Å²) >= 11 is 1.79. The Morgan fingerprint density at radius 2 is 1.79 bits per heavy atom. The molecule has 2 aromatic carbocycles. The van der Waals surface area contributed by atoms with Gasteiger partial charge in [-0.05, 0) is 55.1 Å². The number of rotatable bonds is 6. The van der Waals surface area contributed by atoms with Gasteiger partial charge in [0, 0.05) is 23.7 Å². The van der Waals surface area contributed by atoms with E-state index in [1.807, 2.05) is 18.2 Å². The molecule has 0 saturated carbocycles. The lowest BCUT2D eigenvalue weighted by Gasteiger charge is -2.36. The molecule has 1 saturated heterocycles. The molecule has 0 aromatic heterocycles. The number of aliphatic hydroxyl groups is 1. The molecule has 2 atom stereocenters. The highest BCUT2D eigenvalue weighted by atomic mass is 32.2. The monoisotopic (exact) mass is 343 g/mol. The molecule has 0 spiro atoms. The van der Waals surface area contributed by atoms with Crippen molar-refractivity contribution < 1.29 is 10.2 Å². The Kier molecular flexibility index (Phi) is 6.18. The fourth-order valence-electron chi connectivity index (χ4n) is 3.24. The number of aromatic hydroxyl groups is 1. The third-order valence-electron chi connectivity index (χ3n) is 4.66. The summed E-state index contributed by atoms with van der Waals surface area (Å²) < 4.78 is 0. The van der Waals surface area contributed by atoms with Gasteiger partial charge in [-0.25, -0.2) is 0 Å². The second-order valence-electron chi connectivity index (χ2n) is 6.45. The Morgan fingerprint density at radius 3 is 2.50 bits per heavy atom. The lowest BCUT2D eigenvalue weighted by molar-refractivity contribution is 0.0246. The van der Waals surface area contributed by atoms with Crippen molar-refractivity contribution in [2.45, 2.75) is 23.8 Å². The number of piperidine rings is 1. The standard InChI is InChI=1S/C20H25NO2S/c22-18-6-8-19(9-7-18)24-13-12-21-11-10-17(20(23)15-21)14-16-4-2-1-3-5-16/h1-9,17,20,22-23H,10-15H2. The largest absolute Gasteiger partial charge is 0.508 e. The summed E-state index contributed by atoms with van der Waals surface area (Å²) in [4.78, 5) is 3.53. The minimum Gasteiger partial charge on any atom is -0.508 e. The van der Waals surface area contributed by atoms with E-state index in [0.717, 1.165) is 38.2 Å². The molecule has 1 fully saturated rings. The van der Waals surface area contributed by atoms with Crippen LogP contribution in [0.5, 0.6) is 5.75 Å². The van der Waals surface area contributed by atoms with Crippen molar-refractivity contribution >= 4 is 11.8 Å². The second-order valence-corrected chi connectivity index (χ2v) is 7.62. The predicted octanol–water partition coefficient (Wildman–Crippen LogP) is 3.41. The van der Waals surface area contributed by atoms with Crippen LogP contribution in [0.25, 0.3) is 0 Å². The Balaban J connectivity index is 1.41. The molecular weight excluding hydrogens is 318 g/mol. The molecule has 2 unspecified atom stereocenters. The van der Waals surface area contributed by atoms with Crippen molar-refractivity contribution in [2.24, 2.45) is 5.92 Å². The molecule has 2 aromatic rings. The van der Waals surface area contributed by atoms with Crippen LogP contribution in [0.1, 0.15) is 12.0 Å². The van der Waals surface area contributed by atoms with Gasteiger partial charge in [0.15, 0.2) is 0 Å². The summed E-state index contributed by atoms with van der Waals surface area (Å²) in [5, 5.41) is 19.8. The Hall–Kier alpha value is -1.49. The maximum absolute atomic E-state index is 10.5. The van der Waals surface area contributed by atoms with Crippen LogP contribution in [0.2, 0.25) is 0 Å². The van der Waals surface area contributed by atoms with Crippen LogP contribution in [0.3, 0.4) is 0 Å². The van der Waals surface area contributed by atoms with Gasteiger partial charge in [-0.3, -0.25) is 4.90 Å². The third kappa shape index (κ3) is 5.00. The lowest BCUT2D eigenvalue weighted by atomic mass is 9.88. The fourth-order valence-corrected chi connectivity index (χ4v) is 4.15. The van der Waals surface area contributed by atoms with Crippen molar-refractivity contribution in [1.82, 2.24) is 4.90 Å². The first-order valence-corrected chi connectivity index (χ1v) is 9.55. The number of phenols is 1. The van der Waals surface area contributed by atoms with Gasteiger partial charge in [0.1, 0.15) is 5.75 Å². The van der Waals surface area contributed by atoms with E-state index >= 15 is 0 Å². The van der Waals surface area contributed by atoms with Gasteiger partial charge in [0.25, 0.3) is 0 Å². The van der Waals surface area contributed by atoms with Crippen LogP contribution in [0.4, 0.5) is 0 Å². The quantitative estimate of drug-likeness (QED) is 0.789. The zero-order valence-electron chi connectivity index (χ0n) is 13.8. The number of nitrogens with zero attached hydrogens (tertiary/aromatic N) is 1. The Morgan fingerprint density at radius 1 is 1.04 bits per heavy atom. The van der Waals surface area contributed by atoms with E-state index in [1.54, 1.807) is 23.9 Å². The minimum absolute atomic E-state index is 0.238. The molecule has 0 bridgehead atoms. The van der Waals surface area contributed by atoms with Gasteiger partial charge in [-0.1, -0.05) is 30.3 Å². The second kappa shape index (κ2) is 8.56. The van der Waals surface area contributed by atoms with E-state index in [4.69, 9.17) is 0 Å². The maximum Gasteiger partial charge on any atom is 0.115 e. The summed E-state index contributed by atoms with van der Waals surface area (Å²) in [6.07, 6.45) is 1.79. The average molecular weight is 343 g/mol. The Bertz CT molecular complexity index is 617. The van der Waals surface area contributed by atoms with E-state index in [1.165, 1.54) is 10.5 Å². The highest BCUT2D eigenvalue weighted by molar-refractivity contribution is 7.99. The summed E-state index contributed by atoms with van der Waals surface area (Å²) in [7, 11) is 0. The summed E-state index contributed by atoms with van der Waals surface area (Å²) in [5.74, 6) is 1.68. The minimum atomic E-state index is -0.238. The molecule has 1 aliphatic rings. The first-order chi connectivity index (χ1) is 11.7. The molecule has 2 N–H and O–H groups in total. The molecule has 0 amide bonds. The van der Waals surface area contributed by atoms with Crippen LogP contribution in [0, 0.1) is 5.92 Å². The number of β-amino-alcohol motifs (C(OH)–C–C–N with tert-alkyl or cyclic N) is 1. The van der Waals surface area contributed by atoms with Crippen LogP contribution in [-0.2, 0) is 6.42 Å². The van der Waals surface area contributed by atoms with Crippen molar-refractivity contribution in [3.05, 3.63) is 60.2 Å². The van der Waals surface area contributed by atoms with Gasteiger partial charge in [0.05, 0.1) is 6.10 Å². The topological polar surface area (TPSA) is 43.7 Å². The van der Waals surface area contributed by atoms with Crippen molar-refractivity contribution in [1.29, 1.82) is 0 Å². The zero-order chi connectivity index (χ0) is 16.8. The first-order valence-electron chi connectivity index (χ1n) is 8.57. The average Bonchev–Trinajstić information content (AvgIpc) is 2.60. The fraction of sp³-hybridized carbons (Fsp3) is 0.400. The van der Waals surface area contributed by atoms with Crippen molar-refractivity contribution in [2.75, 3.05) is 25.4 Å². The highest BCUT2D eigenvalue weighted by Crippen LogP contribution is 2.24. The molecular formula is C20H25NO2S. The van der Waals surface area contributed by atoms with Gasteiger partial charge >= 0.3 is 0 Å². The number of phenolic OH excluding ortho intramolecular Hbond substituents is 1. The van der Waals surface area contributed by atoms with Crippen LogP contribution in [0.15, 0.2) is 59.5 Å².